The van der Waals surface area contributed by atoms with Crippen LogP contribution in [0.3, 0.4) is 0 Å². The molecular weight excluding hydrogens is 346 g/mol. The Morgan fingerprint density at radius 2 is 2.04 bits per heavy atom. The molecule has 1 fully saturated rings. The van der Waals surface area contributed by atoms with Gasteiger partial charge in [0.2, 0.25) is 17.7 Å². The molecule has 1 aliphatic rings. The molecule has 0 radical (unpaired) electrons. The van der Waals surface area contributed by atoms with Gasteiger partial charge in [-0.3, -0.25) is 24.5 Å². The van der Waals surface area contributed by atoms with Gasteiger partial charge in [0.25, 0.3) is 0 Å². The second kappa shape index (κ2) is 8.26. The Balaban J connectivity index is 2.26. The first-order valence-electron chi connectivity index (χ1n) is 8.84. The Kier molecular flexibility index (Phi) is 6.28. The van der Waals surface area contributed by atoms with Gasteiger partial charge in [0.05, 0.1) is 12.2 Å². The molecule has 7 nitrogen and oxygen atoms in total. The zero-order valence-corrected chi connectivity index (χ0v) is 15.7. The van der Waals surface area contributed by atoms with E-state index in [0.717, 1.165) is 0 Å². The number of benzene rings is 1. The summed E-state index contributed by atoms with van der Waals surface area (Å²) in [7, 11) is 0. The molecule has 0 unspecified atom stereocenters. The Morgan fingerprint density at radius 3 is 2.63 bits per heavy atom. The third-order valence-electron chi connectivity index (χ3n) is 4.87. The van der Waals surface area contributed by atoms with E-state index in [9.17, 15) is 19.2 Å². The summed E-state index contributed by atoms with van der Waals surface area (Å²) in [6.45, 7) is 7.24. The van der Waals surface area contributed by atoms with Crippen LogP contribution in [0.15, 0.2) is 24.8 Å². The maximum absolute atomic E-state index is 13.0. The molecule has 27 heavy (non-hydrogen) atoms. The van der Waals surface area contributed by atoms with Crippen molar-refractivity contribution in [3.05, 3.63) is 35.9 Å². The summed E-state index contributed by atoms with van der Waals surface area (Å²) < 4.78 is 0. The molecule has 3 amide bonds. The molecule has 0 spiro atoms. The molecule has 4 N–H and O–H groups in total. The highest BCUT2D eigenvalue weighted by Crippen LogP contribution is 2.34. The van der Waals surface area contributed by atoms with Gasteiger partial charge in [-0.15, -0.1) is 0 Å². The highest BCUT2D eigenvalue weighted by atomic mass is 16.2. The number of nitrogens with two attached hydrogens (primary N) is 1. The lowest BCUT2D eigenvalue weighted by atomic mass is 9.77. The van der Waals surface area contributed by atoms with Gasteiger partial charge in [-0.1, -0.05) is 31.2 Å². The molecular formula is C20H25N3O4. The highest BCUT2D eigenvalue weighted by molar-refractivity contribution is 6.08. The molecule has 7 heteroatoms. The van der Waals surface area contributed by atoms with Gasteiger partial charge in [0.1, 0.15) is 0 Å². The van der Waals surface area contributed by atoms with Crippen LogP contribution in [0.25, 0.3) is 5.57 Å². The number of carbonyl (C=O) groups is 4. The Bertz CT molecular complexity index is 815. The predicted octanol–water partition coefficient (Wildman–Crippen LogP) is 2.02. The molecule has 1 aromatic rings. The molecule has 0 bridgehead atoms. The van der Waals surface area contributed by atoms with Crippen LogP contribution in [-0.2, 0) is 14.4 Å². The van der Waals surface area contributed by atoms with E-state index >= 15 is 0 Å². The smallest absolute Gasteiger partial charge is 0.238 e. The summed E-state index contributed by atoms with van der Waals surface area (Å²) in [5, 5.41) is 4.98. The average Bonchev–Trinajstić information content (AvgIpc) is 2.63. The van der Waals surface area contributed by atoms with Crippen LogP contribution in [0.2, 0.25) is 0 Å². The molecule has 0 aromatic heterocycles. The maximum Gasteiger partial charge on any atom is 0.238 e. The largest absolute Gasteiger partial charge is 0.324 e. The average molecular weight is 371 g/mol. The number of hydrogen-bond acceptors (Lipinski definition) is 5. The Labute approximate surface area is 158 Å². The maximum atomic E-state index is 13.0. The third kappa shape index (κ3) is 4.68. The number of carbonyl (C=O) groups excluding carboxylic acids is 4. The van der Waals surface area contributed by atoms with E-state index in [-0.39, 0.29) is 37.0 Å². The molecule has 1 aliphatic heterocycles. The monoisotopic (exact) mass is 371 g/mol. The fourth-order valence-corrected chi connectivity index (χ4v) is 3.11. The Hall–Kier alpha value is -2.80. The number of ketones is 1. The summed E-state index contributed by atoms with van der Waals surface area (Å²) in [5.74, 6) is -1.24. The van der Waals surface area contributed by atoms with Gasteiger partial charge in [-0.2, -0.15) is 0 Å². The van der Waals surface area contributed by atoms with Crippen LogP contribution < -0.4 is 16.4 Å². The molecule has 144 valence electrons. The van der Waals surface area contributed by atoms with Gasteiger partial charge in [-0.05, 0) is 31.4 Å². The van der Waals surface area contributed by atoms with Crippen LogP contribution >= 0.6 is 0 Å². The van der Waals surface area contributed by atoms with Gasteiger partial charge in [-0.25, -0.2) is 0 Å². The van der Waals surface area contributed by atoms with E-state index < -0.39 is 11.3 Å². The summed E-state index contributed by atoms with van der Waals surface area (Å²) in [6, 6.07) is 5.14. The number of Topliss-reactive ketones (excluding diaryl/α,β-unsaturated/α-hetero) is 1. The molecule has 0 aliphatic carbocycles. The lowest BCUT2D eigenvalue weighted by Gasteiger charge is -2.31. The normalized spacial score (nSPS) is 19.4. The van der Waals surface area contributed by atoms with Gasteiger partial charge in [0.15, 0.2) is 5.78 Å². The van der Waals surface area contributed by atoms with Crippen molar-refractivity contribution in [1.82, 2.24) is 5.32 Å². The molecule has 2 rings (SSSR count). The Morgan fingerprint density at radius 1 is 1.33 bits per heavy atom. The summed E-state index contributed by atoms with van der Waals surface area (Å²) in [6.07, 6.45) is 1.08. The van der Waals surface area contributed by atoms with E-state index in [2.05, 4.69) is 17.2 Å². The second-order valence-electron chi connectivity index (χ2n) is 7.12. The first-order valence-corrected chi connectivity index (χ1v) is 8.84. The fourth-order valence-electron chi connectivity index (χ4n) is 3.11. The number of amides is 3. The fraction of sp³-hybridized carbons (Fsp3) is 0.400. The van der Waals surface area contributed by atoms with Crippen molar-refractivity contribution in [2.75, 3.05) is 11.9 Å². The van der Waals surface area contributed by atoms with E-state index in [0.29, 0.717) is 35.2 Å². The summed E-state index contributed by atoms with van der Waals surface area (Å²) in [4.78, 5) is 48.2. The molecule has 1 aromatic carbocycles. The number of anilines is 1. The van der Waals surface area contributed by atoms with Crippen molar-refractivity contribution < 1.29 is 19.2 Å². The highest BCUT2D eigenvalue weighted by Gasteiger charge is 2.38. The van der Waals surface area contributed by atoms with Crippen molar-refractivity contribution in [2.24, 2.45) is 11.1 Å². The van der Waals surface area contributed by atoms with Gasteiger partial charge in [0, 0.05) is 23.8 Å². The van der Waals surface area contributed by atoms with Crippen LogP contribution in [-0.4, -0.2) is 30.0 Å². The van der Waals surface area contributed by atoms with Crippen molar-refractivity contribution in [2.45, 2.75) is 39.5 Å². The number of piperidine rings is 1. The molecule has 0 saturated carbocycles. The van der Waals surface area contributed by atoms with E-state index in [1.54, 1.807) is 32.0 Å². The van der Waals surface area contributed by atoms with Crippen molar-refractivity contribution in [3.63, 3.8) is 0 Å². The van der Waals surface area contributed by atoms with Crippen molar-refractivity contribution in [3.8, 4) is 0 Å². The zero-order chi connectivity index (χ0) is 20.2. The minimum atomic E-state index is -0.775. The lowest BCUT2D eigenvalue weighted by molar-refractivity contribution is -0.141. The molecule has 1 atom stereocenters. The third-order valence-corrected chi connectivity index (χ3v) is 4.87. The van der Waals surface area contributed by atoms with Crippen LogP contribution in [0.4, 0.5) is 5.69 Å². The van der Waals surface area contributed by atoms with E-state index in [1.165, 1.54) is 0 Å². The SMILES string of the molecule is C=C(C)c1cccc(NC(=O)CN)c1C(=O)CC[C@@]1(C)CCC(=O)NC1=O. The minimum Gasteiger partial charge on any atom is -0.324 e. The second-order valence-corrected chi connectivity index (χ2v) is 7.12. The quantitative estimate of drug-likeness (QED) is 0.500. The van der Waals surface area contributed by atoms with E-state index in [4.69, 9.17) is 5.73 Å². The standard InChI is InChI=1S/C20H25N3O4/c1-12(2)13-5-4-6-14(22-17(26)11-21)18(13)15(24)7-9-20(3)10-8-16(25)23-19(20)27/h4-6H,1,7-11,21H2,2-3H3,(H,22,26)(H,23,25,27)/t20-/m0/s1. The summed E-state index contributed by atoms with van der Waals surface area (Å²) >= 11 is 0. The van der Waals surface area contributed by atoms with Crippen LogP contribution in [0, 0.1) is 5.41 Å². The minimum absolute atomic E-state index is 0.105. The topological polar surface area (TPSA) is 118 Å². The number of allylic oxidation sites excluding steroid dienone is 1. The first kappa shape index (κ1) is 20.5. The van der Waals surface area contributed by atoms with Crippen LogP contribution in [0.1, 0.15) is 55.5 Å². The number of imide groups is 1. The first-order chi connectivity index (χ1) is 12.7. The summed E-state index contributed by atoms with van der Waals surface area (Å²) in [5.41, 5.74) is 6.66. The lowest BCUT2D eigenvalue weighted by Crippen LogP contribution is -2.47. The van der Waals surface area contributed by atoms with Gasteiger partial charge >= 0.3 is 0 Å². The number of rotatable bonds is 7. The molecule has 1 saturated heterocycles. The number of nitrogens with one attached hydrogen (secondary N) is 2. The zero-order valence-electron chi connectivity index (χ0n) is 15.7. The predicted molar refractivity (Wildman–Crippen MR) is 103 cm³/mol. The molecule has 1 heterocycles. The van der Waals surface area contributed by atoms with Crippen molar-refractivity contribution >= 4 is 34.8 Å². The van der Waals surface area contributed by atoms with E-state index in [1.807, 2.05) is 0 Å². The number of hydrogen-bond donors (Lipinski definition) is 3. The van der Waals surface area contributed by atoms with Crippen LogP contribution in [0.5, 0.6) is 0 Å². The van der Waals surface area contributed by atoms with Gasteiger partial charge < -0.3 is 11.1 Å². The van der Waals surface area contributed by atoms with Crippen molar-refractivity contribution in [1.29, 1.82) is 0 Å².